The lowest BCUT2D eigenvalue weighted by Crippen LogP contribution is -2.11. The van der Waals surface area contributed by atoms with Gasteiger partial charge in [-0.2, -0.15) is 5.26 Å². The Balaban J connectivity index is 0.000000170. The third-order valence-corrected chi connectivity index (χ3v) is 18.5. The number of carbonyl (C=O) groups is 1. The highest BCUT2D eigenvalue weighted by atomic mass is 79.9. The summed E-state index contributed by atoms with van der Waals surface area (Å²) in [6, 6.07) is 84.8. The number of aromatic nitrogens is 7. The molecule has 0 spiro atoms. The van der Waals surface area contributed by atoms with E-state index in [1.165, 1.54) is 49.6 Å². The lowest BCUT2D eigenvalue weighted by atomic mass is 9.86. The second-order valence-electron chi connectivity index (χ2n) is 30.1. The molecule has 10 aromatic carbocycles. The number of para-hydroxylation sites is 2. The van der Waals surface area contributed by atoms with Crippen molar-refractivity contribution in [3.63, 3.8) is 0 Å². The molecule has 504 valence electrons. The van der Waals surface area contributed by atoms with Crippen LogP contribution in [-0.4, -0.2) is 39.7 Å². The van der Waals surface area contributed by atoms with Gasteiger partial charge in [-0.05, 0) is 127 Å². The van der Waals surface area contributed by atoms with Gasteiger partial charge in [0, 0.05) is 64.3 Å². The van der Waals surface area contributed by atoms with Crippen LogP contribution in [0.5, 0.6) is 0 Å². The number of hydrogen-bond donors (Lipinski definition) is 0. The van der Waals surface area contributed by atoms with Crippen LogP contribution in [0, 0.1) is 11.3 Å². The summed E-state index contributed by atoms with van der Waals surface area (Å²) in [5.74, 6) is 3.99. The molecular formula is C88H85Br2ClN8O. The van der Waals surface area contributed by atoms with Gasteiger partial charge in [0.2, 0.25) is 0 Å². The largest absolute Gasteiger partial charge is 0.309 e. The number of halogens is 3. The van der Waals surface area contributed by atoms with Gasteiger partial charge < -0.3 is 4.57 Å². The first kappa shape index (κ1) is 73.2. The second-order valence-corrected chi connectivity index (χ2v) is 32.3. The third kappa shape index (κ3) is 18.3. The van der Waals surface area contributed by atoms with Crippen molar-refractivity contribution in [1.29, 1.82) is 5.26 Å². The van der Waals surface area contributed by atoms with Crippen molar-refractivity contribution in [2.24, 2.45) is 0 Å². The highest BCUT2D eigenvalue weighted by molar-refractivity contribution is 9.10. The topological polar surface area (TPSA) is 123 Å². The van der Waals surface area contributed by atoms with Gasteiger partial charge >= 0.3 is 0 Å². The Kier molecular flexibility index (Phi) is 22.3. The minimum absolute atomic E-state index is 0.0655. The summed E-state index contributed by atoms with van der Waals surface area (Å²) in [7, 11) is 0. The Labute approximate surface area is 612 Å². The van der Waals surface area contributed by atoms with Crippen LogP contribution in [0.15, 0.2) is 252 Å². The van der Waals surface area contributed by atoms with Gasteiger partial charge in [-0.3, -0.25) is 4.79 Å². The average Bonchev–Trinajstić information content (AvgIpc) is 1.56. The molecule has 0 unspecified atom stereocenters. The predicted octanol–water partition coefficient (Wildman–Crippen LogP) is 24.5. The maximum absolute atomic E-state index is 10.5. The maximum Gasteiger partial charge on any atom is 0.252 e. The first-order chi connectivity index (χ1) is 47.3. The van der Waals surface area contributed by atoms with E-state index in [-0.39, 0.29) is 27.1 Å². The van der Waals surface area contributed by atoms with Crippen molar-refractivity contribution in [2.45, 2.75) is 131 Å². The molecule has 3 heterocycles. The van der Waals surface area contributed by atoms with Crippen LogP contribution >= 0.6 is 43.5 Å². The molecule has 12 heteroatoms. The summed E-state index contributed by atoms with van der Waals surface area (Å²) in [5, 5.41) is 10.6. The number of nitriles is 1. The first-order valence-electron chi connectivity index (χ1n) is 33.6. The Hall–Kier alpha value is -9.57. The quantitative estimate of drug-likeness (QED) is 0.138. The molecule has 9 nitrogen and oxygen atoms in total. The average molecular weight is 1470 g/mol. The minimum atomic E-state index is -0.429. The van der Waals surface area contributed by atoms with Gasteiger partial charge in [-0.25, -0.2) is 29.9 Å². The van der Waals surface area contributed by atoms with Crippen LogP contribution < -0.4 is 0 Å². The van der Waals surface area contributed by atoms with E-state index in [4.69, 9.17) is 46.8 Å². The number of hydrogen-bond acceptors (Lipinski definition) is 8. The Bertz CT molecular complexity index is 4860. The molecule has 0 aliphatic heterocycles. The molecule has 0 saturated heterocycles. The van der Waals surface area contributed by atoms with E-state index < -0.39 is 5.24 Å². The zero-order valence-corrected chi connectivity index (χ0v) is 63.6. The van der Waals surface area contributed by atoms with E-state index in [0.717, 1.165) is 53.6 Å². The summed E-state index contributed by atoms with van der Waals surface area (Å²) >= 11 is 12.0. The van der Waals surface area contributed by atoms with E-state index in [9.17, 15) is 4.79 Å². The molecule has 0 saturated carbocycles. The zero-order chi connectivity index (χ0) is 71.9. The van der Waals surface area contributed by atoms with Gasteiger partial charge in [-0.1, -0.05) is 318 Å². The Morgan fingerprint density at radius 2 is 0.630 bits per heavy atom. The molecule has 0 bridgehead atoms. The van der Waals surface area contributed by atoms with E-state index in [1.54, 1.807) is 18.2 Å². The molecule has 13 rings (SSSR count). The van der Waals surface area contributed by atoms with E-state index in [2.05, 4.69) is 316 Å². The SMILES string of the molecule is CC(C)(C)c1ccc(-c2nc(-c3ccc(C(C)(C)C)cc3)nc(-c3cccc(-n4c5ccccc5c5ccccc54)c3)n2)cc1.CC(C)(C)c1ccc(-c2nc(-c3ccc(C(C)(C)C)cc3)nc(-c3cccc(Br)c3)n2)cc1.CC(C)(C)c1ccc(C#N)cc1.O=C(Cl)c1cccc(Br)c1. The maximum atomic E-state index is 10.5. The summed E-state index contributed by atoms with van der Waals surface area (Å²) in [5.41, 5.74) is 17.3. The zero-order valence-electron chi connectivity index (χ0n) is 59.7. The van der Waals surface area contributed by atoms with Crippen LogP contribution in [0.25, 0.3) is 95.8 Å². The Morgan fingerprint density at radius 3 is 0.930 bits per heavy atom. The molecule has 0 aliphatic rings. The molecule has 100 heavy (non-hydrogen) atoms. The molecule has 0 N–H and O–H groups in total. The molecular weight excluding hydrogens is 1380 g/mol. The van der Waals surface area contributed by atoms with Gasteiger partial charge in [0.15, 0.2) is 34.9 Å². The van der Waals surface area contributed by atoms with Crippen LogP contribution in [0.3, 0.4) is 0 Å². The lowest BCUT2D eigenvalue weighted by Gasteiger charge is -2.19. The fourth-order valence-electron chi connectivity index (χ4n) is 11.3. The van der Waals surface area contributed by atoms with E-state index >= 15 is 0 Å². The summed E-state index contributed by atoms with van der Waals surface area (Å²) in [6.07, 6.45) is 0. The summed E-state index contributed by atoms with van der Waals surface area (Å²) in [4.78, 5) is 40.2. The van der Waals surface area contributed by atoms with Crippen molar-refractivity contribution >= 4 is 70.5 Å². The number of nitrogens with zero attached hydrogens (tertiary/aromatic N) is 8. The highest BCUT2D eigenvalue weighted by Crippen LogP contribution is 2.36. The standard InChI is InChI=1S/C41H38N4.C29H30BrN3.C11H13N.C7H4BrClO/c1-40(2,3)30-22-18-27(19-23-30)37-42-38(28-20-24-31(25-21-28)41(4,5)6)44-39(43-37)29-12-11-13-32(26-29)45-35-16-9-7-14-33(35)34-15-8-10-17-36(34)45;1-28(2,3)22-14-10-19(11-15-22)25-31-26(20-12-16-23(17-13-20)29(4,5)6)33-27(32-25)21-8-7-9-24(30)18-21;1-11(2,3)10-6-4-9(8-12)5-7-10;8-6-3-1-2-5(4-6)7(9)10/h7-26H,1-6H3;7-18H,1-6H3;4-7H,1-3H3;1-4H. The van der Waals surface area contributed by atoms with Gasteiger partial charge in [0.05, 0.1) is 22.7 Å². The fourth-order valence-corrected chi connectivity index (χ4v) is 12.2. The van der Waals surface area contributed by atoms with E-state index in [0.29, 0.717) is 40.5 Å². The number of benzene rings is 10. The first-order valence-corrected chi connectivity index (χ1v) is 35.5. The van der Waals surface area contributed by atoms with Crippen LogP contribution in [0.4, 0.5) is 0 Å². The lowest BCUT2D eigenvalue weighted by molar-refractivity contribution is 0.108. The predicted molar refractivity (Wildman–Crippen MR) is 423 cm³/mol. The summed E-state index contributed by atoms with van der Waals surface area (Å²) in [6.45, 7) is 33.2. The van der Waals surface area contributed by atoms with Crippen LogP contribution in [0.1, 0.15) is 148 Å². The van der Waals surface area contributed by atoms with Gasteiger partial charge in [-0.15, -0.1) is 0 Å². The number of rotatable bonds is 8. The number of carbonyl (C=O) groups excluding carboxylic acids is 1. The molecule has 0 amide bonds. The van der Waals surface area contributed by atoms with Gasteiger partial charge in [0.1, 0.15) is 0 Å². The van der Waals surface area contributed by atoms with Crippen molar-refractivity contribution in [3.05, 3.63) is 291 Å². The normalized spacial score (nSPS) is 11.7. The number of fused-ring (bicyclic) bond motifs is 3. The molecule has 0 aliphatic carbocycles. The monoisotopic (exact) mass is 1460 g/mol. The van der Waals surface area contributed by atoms with Crippen LogP contribution in [-0.2, 0) is 27.1 Å². The van der Waals surface area contributed by atoms with Gasteiger partial charge in [0.25, 0.3) is 5.24 Å². The smallest absolute Gasteiger partial charge is 0.252 e. The minimum Gasteiger partial charge on any atom is -0.309 e. The summed E-state index contributed by atoms with van der Waals surface area (Å²) < 4.78 is 4.18. The van der Waals surface area contributed by atoms with Crippen LogP contribution in [0.2, 0.25) is 0 Å². The van der Waals surface area contributed by atoms with Crippen molar-refractivity contribution < 1.29 is 4.79 Å². The molecule has 0 fully saturated rings. The van der Waals surface area contributed by atoms with E-state index in [1.807, 2.05) is 54.6 Å². The molecule has 3 aromatic heterocycles. The van der Waals surface area contributed by atoms with Crippen molar-refractivity contribution in [2.75, 3.05) is 0 Å². The second kappa shape index (κ2) is 30.5. The molecule has 0 radical (unpaired) electrons. The Morgan fingerprint density at radius 1 is 0.340 bits per heavy atom. The van der Waals surface area contributed by atoms with Crippen molar-refractivity contribution in [3.8, 4) is 80.1 Å². The molecule has 13 aromatic rings. The third-order valence-electron chi connectivity index (χ3n) is 17.3. The molecule has 0 atom stereocenters. The highest BCUT2D eigenvalue weighted by Gasteiger charge is 2.22. The van der Waals surface area contributed by atoms with Crippen molar-refractivity contribution in [1.82, 2.24) is 34.5 Å². The fraction of sp³-hybridized carbons (Fsp3) is 0.227.